The molecular formula is C20H26FN3O5S. The van der Waals surface area contributed by atoms with Gasteiger partial charge in [0.05, 0.1) is 12.4 Å². The largest absolute Gasteiger partial charge is 0.386 e. The van der Waals surface area contributed by atoms with Crippen LogP contribution in [0.1, 0.15) is 31.7 Å². The summed E-state index contributed by atoms with van der Waals surface area (Å²) in [7, 11) is -3.75. The van der Waals surface area contributed by atoms with E-state index in [9.17, 15) is 17.6 Å². The highest BCUT2D eigenvalue weighted by atomic mass is 32.2. The molecule has 0 radical (unpaired) electrons. The third kappa shape index (κ3) is 3.50. The first-order valence-corrected chi connectivity index (χ1v) is 11.7. The Morgan fingerprint density at radius 3 is 2.63 bits per heavy atom. The van der Waals surface area contributed by atoms with Gasteiger partial charge in [0.2, 0.25) is 5.91 Å². The molecule has 3 aliphatic heterocycles. The van der Waals surface area contributed by atoms with Crippen LogP contribution in [-0.2, 0) is 29.6 Å². The van der Waals surface area contributed by atoms with Crippen LogP contribution in [0.25, 0.3) is 0 Å². The number of rotatable bonds is 3. The van der Waals surface area contributed by atoms with Crippen LogP contribution in [0, 0.1) is 11.7 Å². The molecule has 1 aromatic rings. The van der Waals surface area contributed by atoms with Gasteiger partial charge >= 0.3 is 0 Å². The predicted molar refractivity (Wildman–Crippen MR) is 110 cm³/mol. The van der Waals surface area contributed by atoms with Gasteiger partial charge < -0.3 is 20.5 Å². The number of carbonyl (C=O) groups is 1. The van der Waals surface area contributed by atoms with Crippen molar-refractivity contribution in [2.45, 2.75) is 36.5 Å². The number of carbonyl (C=O) groups excluding carboxylic acids is 1. The summed E-state index contributed by atoms with van der Waals surface area (Å²) in [6.45, 7) is 2.85. The second kappa shape index (κ2) is 7.58. The second-order valence-corrected chi connectivity index (χ2v) is 10.7. The fourth-order valence-corrected chi connectivity index (χ4v) is 6.68. The van der Waals surface area contributed by atoms with Crippen molar-refractivity contribution < 1.29 is 27.1 Å². The smallest absolute Gasteiger partial charge is 0.227 e. The lowest BCUT2D eigenvalue weighted by molar-refractivity contribution is -0.122. The minimum absolute atomic E-state index is 0.0373. The van der Waals surface area contributed by atoms with Crippen LogP contribution in [0.4, 0.5) is 10.1 Å². The molecule has 30 heavy (non-hydrogen) atoms. The Kier molecular flexibility index (Phi) is 5.36. The maximum Gasteiger partial charge on any atom is 0.227 e. The van der Waals surface area contributed by atoms with Gasteiger partial charge in [0, 0.05) is 37.0 Å². The lowest BCUT2D eigenvalue weighted by Crippen LogP contribution is -2.58. The summed E-state index contributed by atoms with van der Waals surface area (Å²) in [6.07, 6.45) is 1.49. The molecule has 0 saturated carbocycles. The van der Waals surface area contributed by atoms with Crippen molar-refractivity contribution in [1.29, 1.82) is 0 Å². The van der Waals surface area contributed by atoms with E-state index in [-0.39, 0.29) is 42.9 Å². The molecule has 3 heterocycles. The predicted octanol–water partition coefficient (Wildman–Crippen LogP) is 1.35. The number of halogens is 1. The number of nitrogens with zero attached hydrogens (tertiary/aromatic N) is 1. The van der Waals surface area contributed by atoms with E-state index in [0.29, 0.717) is 31.7 Å². The molecule has 1 amide bonds. The van der Waals surface area contributed by atoms with Crippen molar-refractivity contribution >= 4 is 27.3 Å². The molecule has 164 valence electrons. The van der Waals surface area contributed by atoms with E-state index < -0.39 is 31.7 Å². The molecule has 8 nitrogen and oxygen atoms in total. The highest BCUT2D eigenvalue weighted by molar-refractivity contribution is 7.93. The number of aliphatic imine (C=N–C) groups is 1. The third-order valence-electron chi connectivity index (χ3n) is 6.29. The maximum atomic E-state index is 14.8. The zero-order valence-electron chi connectivity index (χ0n) is 16.8. The van der Waals surface area contributed by atoms with Gasteiger partial charge in [-0.1, -0.05) is 0 Å². The number of anilines is 1. The molecule has 10 heteroatoms. The van der Waals surface area contributed by atoms with E-state index in [0.717, 1.165) is 0 Å². The van der Waals surface area contributed by atoms with Gasteiger partial charge in [-0.25, -0.2) is 12.8 Å². The Hall–Kier alpha value is -2.04. The number of hydrogen-bond donors (Lipinski definition) is 2. The van der Waals surface area contributed by atoms with Crippen LogP contribution in [0.2, 0.25) is 0 Å². The van der Waals surface area contributed by atoms with E-state index >= 15 is 0 Å². The molecule has 0 aliphatic carbocycles. The van der Waals surface area contributed by atoms with Gasteiger partial charge in [-0.15, -0.1) is 0 Å². The standard InChI is InChI=1S/C20H26FN3O5S/c1-19(12-30(26,27)20(18(22)24-19)6-9-29-11-20)15-10-14(2-3-16(15)21)23-17(25)13-4-7-28-8-5-13/h2-3,10,13H,4-9,11-12H2,1H3,(H2,22,24)(H,23,25)/t19-,20-/m0/s1. The first kappa shape index (κ1) is 21.2. The number of amides is 1. The molecule has 2 fully saturated rings. The number of ether oxygens (including phenoxy) is 2. The first-order valence-electron chi connectivity index (χ1n) is 10.0. The van der Waals surface area contributed by atoms with Crippen molar-refractivity contribution in [2.24, 2.45) is 16.6 Å². The van der Waals surface area contributed by atoms with E-state index in [1.807, 2.05) is 0 Å². The number of benzene rings is 1. The Labute approximate surface area is 174 Å². The fraction of sp³-hybridized carbons (Fsp3) is 0.600. The van der Waals surface area contributed by atoms with Gasteiger partial charge in [0.25, 0.3) is 0 Å². The molecule has 3 N–H and O–H groups in total. The summed E-state index contributed by atoms with van der Waals surface area (Å²) in [6, 6.07) is 4.11. The average molecular weight is 440 g/mol. The molecule has 1 spiro atoms. The van der Waals surface area contributed by atoms with Crippen molar-refractivity contribution in [3.8, 4) is 0 Å². The third-order valence-corrected chi connectivity index (χ3v) is 8.96. The summed E-state index contributed by atoms with van der Waals surface area (Å²) < 4.78 is 50.3. The van der Waals surface area contributed by atoms with Gasteiger partial charge in [-0.3, -0.25) is 9.79 Å². The zero-order chi connectivity index (χ0) is 21.6. The molecule has 4 rings (SSSR count). The lowest BCUT2D eigenvalue weighted by Gasteiger charge is -2.39. The number of hydrogen-bond acceptors (Lipinski definition) is 7. The topological polar surface area (TPSA) is 120 Å². The van der Waals surface area contributed by atoms with Gasteiger partial charge in [-0.05, 0) is 44.4 Å². The Bertz CT molecular complexity index is 984. The van der Waals surface area contributed by atoms with E-state index in [1.54, 1.807) is 6.92 Å². The maximum absolute atomic E-state index is 14.8. The van der Waals surface area contributed by atoms with Gasteiger partial charge in [-0.2, -0.15) is 0 Å². The first-order chi connectivity index (χ1) is 14.2. The van der Waals surface area contributed by atoms with Gasteiger partial charge in [0.15, 0.2) is 14.6 Å². The Morgan fingerprint density at radius 2 is 2.00 bits per heavy atom. The fourth-order valence-electron chi connectivity index (χ4n) is 4.42. The van der Waals surface area contributed by atoms with Crippen molar-refractivity contribution in [1.82, 2.24) is 0 Å². The highest BCUT2D eigenvalue weighted by Gasteiger charge is 2.57. The monoisotopic (exact) mass is 439 g/mol. The number of nitrogens with one attached hydrogen (secondary N) is 1. The van der Waals surface area contributed by atoms with Crippen LogP contribution in [-0.4, -0.2) is 57.1 Å². The molecule has 2 atom stereocenters. The van der Waals surface area contributed by atoms with E-state index in [4.69, 9.17) is 15.2 Å². The molecule has 0 unspecified atom stereocenters. The number of nitrogens with two attached hydrogens (primary N) is 1. The molecular weight excluding hydrogens is 413 g/mol. The van der Waals surface area contributed by atoms with E-state index in [1.165, 1.54) is 18.2 Å². The minimum Gasteiger partial charge on any atom is -0.386 e. The van der Waals surface area contributed by atoms with Crippen LogP contribution >= 0.6 is 0 Å². The molecule has 1 aromatic carbocycles. The van der Waals surface area contributed by atoms with Gasteiger partial charge in [0.1, 0.15) is 17.2 Å². The van der Waals surface area contributed by atoms with Crippen LogP contribution in [0.5, 0.6) is 0 Å². The second-order valence-electron chi connectivity index (χ2n) is 8.40. The van der Waals surface area contributed by atoms with E-state index in [2.05, 4.69) is 10.3 Å². The molecule has 3 aliphatic rings. The summed E-state index contributed by atoms with van der Waals surface area (Å²) in [5.41, 5.74) is 5.18. The summed E-state index contributed by atoms with van der Waals surface area (Å²) in [5, 5.41) is 2.81. The summed E-state index contributed by atoms with van der Waals surface area (Å²) >= 11 is 0. The average Bonchev–Trinajstić information content (AvgIpc) is 3.20. The van der Waals surface area contributed by atoms with Crippen molar-refractivity contribution in [2.75, 3.05) is 37.5 Å². The SMILES string of the molecule is C[C@@]1(c2cc(NC(=O)C3CCOCC3)ccc2F)CS(=O)(=O)[C@]2(CCOC2)C(N)=N1. The van der Waals surface area contributed by atoms with Crippen molar-refractivity contribution in [3.63, 3.8) is 0 Å². The van der Waals surface area contributed by atoms with Crippen molar-refractivity contribution in [3.05, 3.63) is 29.6 Å². The molecule has 0 aromatic heterocycles. The minimum atomic E-state index is -3.75. The lowest BCUT2D eigenvalue weighted by atomic mass is 9.92. The molecule has 2 saturated heterocycles. The Balaban J connectivity index is 1.66. The normalized spacial score (nSPS) is 31.5. The Morgan fingerprint density at radius 1 is 1.27 bits per heavy atom. The number of sulfone groups is 1. The number of amidine groups is 1. The van der Waals surface area contributed by atoms with Crippen LogP contribution in [0.3, 0.4) is 0 Å². The quantitative estimate of drug-likeness (QED) is 0.734. The molecule has 0 bridgehead atoms. The summed E-state index contributed by atoms with van der Waals surface area (Å²) in [5.74, 6) is -1.38. The van der Waals surface area contributed by atoms with Crippen LogP contribution in [0.15, 0.2) is 23.2 Å². The zero-order valence-corrected chi connectivity index (χ0v) is 17.6. The summed E-state index contributed by atoms with van der Waals surface area (Å²) in [4.78, 5) is 17.0. The van der Waals surface area contributed by atoms with Crippen LogP contribution < -0.4 is 11.1 Å². The highest BCUT2D eigenvalue weighted by Crippen LogP contribution is 2.41.